The van der Waals surface area contributed by atoms with Crippen molar-refractivity contribution >= 4 is 11.8 Å². The highest BCUT2D eigenvalue weighted by molar-refractivity contribution is 5.89. The molecule has 3 aromatic carbocycles. The van der Waals surface area contributed by atoms with Crippen molar-refractivity contribution in [1.29, 1.82) is 0 Å². The van der Waals surface area contributed by atoms with Gasteiger partial charge in [0.2, 0.25) is 11.8 Å². The zero-order valence-electron chi connectivity index (χ0n) is 17.2. The first kappa shape index (κ1) is 20.8. The SMILES string of the molecule is O=C(N[C@H](Cc1ccccc1)c1ccccc1)[C@H]1CC(=O)N(Cc2ccc(F)cc2)C1. The molecule has 31 heavy (non-hydrogen) atoms. The van der Waals surface area contributed by atoms with Gasteiger partial charge in [-0.2, -0.15) is 0 Å². The summed E-state index contributed by atoms with van der Waals surface area (Å²) in [4.78, 5) is 27.2. The summed E-state index contributed by atoms with van der Waals surface area (Å²) in [6.45, 7) is 0.754. The van der Waals surface area contributed by atoms with Crippen molar-refractivity contribution in [3.05, 3.63) is 107 Å². The molecule has 4 rings (SSSR count). The van der Waals surface area contributed by atoms with Gasteiger partial charge >= 0.3 is 0 Å². The molecule has 1 fully saturated rings. The summed E-state index contributed by atoms with van der Waals surface area (Å²) in [6, 6.07) is 25.9. The van der Waals surface area contributed by atoms with Crippen LogP contribution in [0.5, 0.6) is 0 Å². The number of nitrogens with one attached hydrogen (secondary N) is 1. The average Bonchev–Trinajstić information content (AvgIpc) is 3.16. The van der Waals surface area contributed by atoms with Gasteiger partial charge in [-0.15, -0.1) is 0 Å². The van der Waals surface area contributed by atoms with Gasteiger partial charge in [-0.05, 0) is 35.2 Å². The predicted octanol–water partition coefficient (Wildman–Crippen LogP) is 4.27. The Labute approximate surface area is 181 Å². The molecule has 4 nitrogen and oxygen atoms in total. The van der Waals surface area contributed by atoms with Gasteiger partial charge in [-0.25, -0.2) is 4.39 Å². The molecule has 1 aliphatic rings. The van der Waals surface area contributed by atoms with Crippen molar-refractivity contribution in [2.45, 2.75) is 25.4 Å². The second-order valence-electron chi connectivity index (χ2n) is 7.96. The normalized spacial score (nSPS) is 16.9. The lowest BCUT2D eigenvalue weighted by Crippen LogP contribution is -2.36. The molecular formula is C26H25FN2O2. The van der Waals surface area contributed by atoms with Gasteiger partial charge in [0.15, 0.2) is 0 Å². The average molecular weight is 416 g/mol. The molecule has 0 bridgehead atoms. The quantitative estimate of drug-likeness (QED) is 0.625. The maximum Gasteiger partial charge on any atom is 0.225 e. The first-order valence-corrected chi connectivity index (χ1v) is 10.5. The summed E-state index contributed by atoms with van der Waals surface area (Å²) >= 11 is 0. The van der Waals surface area contributed by atoms with Gasteiger partial charge < -0.3 is 10.2 Å². The Morgan fingerprint density at radius 2 is 1.58 bits per heavy atom. The van der Waals surface area contributed by atoms with Crippen molar-refractivity contribution in [3.8, 4) is 0 Å². The van der Waals surface area contributed by atoms with Crippen molar-refractivity contribution in [3.63, 3.8) is 0 Å². The molecular weight excluding hydrogens is 391 g/mol. The van der Waals surface area contributed by atoms with E-state index < -0.39 is 5.92 Å². The highest BCUT2D eigenvalue weighted by Crippen LogP contribution is 2.24. The fourth-order valence-electron chi connectivity index (χ4n) is 3.99. The molecule has 5 heteroatoms. The number of benzene rings is 3. The largest absolute Gasteiger partial charge is 0.349 e. The van der Waals surface area contributed by atoms with Crippen LogP contribution in [0, 0.1) is 11.7 Å². The van der Waals surface area contributed by atoms with Gasteiger partial charge in [-0.3, -0.25) is 9.59 Å². The first-order chi connectivity index (χ1) is 15.1. The molecule has 0 aliphatic carbocycles. The molecule has 1 N–H and O–H groups in total. The molecule has 2 atom stereocenters. The van der Waals surface area contributed by atoms with Crippen molar-refractivity contribution in [1.82, 2.24) is 10.2 Å². The third-order valence-corrected chi connectivity index (χ3v) is 5.67. The fraction of sp³-hybridized carbons (Fsp3) is 0.231. The van der Waals surface area contributed by atoms with Gasteiger partial charge in [0.1, 0.15) is 5.82 Å². The van der Waals surface area contributed by atoms with Crippen molar-refractivity contribution < 1.29 is 14.0 Å². The molecule has 0 aromatic heterocycles. The monoisotopic (exact) mass is 416 g/mol. The van der Waals surface area contributed by atoms with Crippen LogP contribution in [0.4, 0.5) is 4.39 Å². The number of amides is 2. The highest BCUT2D eigenvalue weighted by Gasteiger charge is 2.35. The third kappa shape index (κ3) is 5.37. The lowest BCUT2D eigenvalue weighted by atomic mass is 9.97. The summed E-state index contributed by atoms with van der Waals surface area (Å²) in [5.41, 5.74) is 3.02. The number of nitrogens with zero attached hydrogens (tertiary/aromatic N) is 1. The second kappa shape index (κ2) is 9.56. The van der Waals surface area contributed by atoms with Gasteiger partial charge in [0, 0.05) is 19.5 Å². The zero-order valence-corrected chi connectivity index (χ0v) is 17.2. The maximum absolute atomic E-state index is 13.1. The van der Waals surface area contributed by atoms with Crippen LogP contribution in [-0.4, -0.2) is 23.3 Å². The molecule has 158 valence electrons. The first-order valence-electron chi connectivity index (χ1n) is 10.5. The van der Waals surface area contributed by atoms with Crippen LogP contribution in [0.25, 0.3) is 0 Å². The lowest BCUT2D eigenvalue weighted by molar-refractivity contribution is -0.129. The molecule has 3 aromatic rings. The van der Waals surface area contributed by atoms with E-state index in [1.54, 1.807) is 17.0 Å². The fourth-order valence-corrected chi connectivity index (χ4v) is 3.99. The maximum atomic E-state index is 13.1. The molecule has 0 spiro atoms. The van der Waals surface area contributed by atoms with E-state index in [0.29, 0.717) is 19.5 Å². The summed E-state index contributed by atoms with van der Waals surface area (Å²) in [7, 11) is 0. The number of halogens is 1. The van der Waals surface area contributed by atoms with E-state index in [2.05, 4.69) is 5.32 Å². The number of rotatable bonds is 7. The van der Waals surface area contributed by atoms with E-state index >= 15 is 0 Å². The Morgan fingerprint density at radius 3 is 2.26 bits per heavy atom. The van der Waals surface area contributed by atoms with Crippen LogP contribution in [0.2, 0.25) is 0 Å². The lowest BCUT2D eigenvalue weighted by Gasteiger charge is -2.22. The number of carbonyl (C=O) groups is 2. The predicted molar refractivity (Wildman–Crippen MR) is 117 cm³/mol. The van der Waals surface area contributed by atoms with Gasteiger partial charge in [0.05, 0.1) is 12.0 Å². The van der Waals surface area contributed by atoms with Crippen LogP contribution in [0.1, 0.15) is 29.2 Å². The minimum Gasteiger partial charge on any atom is -0.349 e. The summed E-state index contributed by atoms with van der Waals surface area (Å²) in [5.74, 6) is -0.863. The Balaban J connectivity index is 1.43. The number of likely N-dealkylation sites (tertiary alicyclic amines) is 1. The van der Waals surface area contributed by atoms with E-state index in [9.17, 15) is 14.0 Å². The molecule has 0 saturated carbocycles. The van der Waals surface area contributed by atoms with E-state index in [1.165, 1.54) is 12.1 Å². The smallest absolute Gasteiger partial charge is 0.225 e. The van der Waals surface area contributed by atoms with Crippen LogP contribution >= 0.6 is 0 Å². The molecule has 2 amide bonds. The van der Waals surface area contributed by atoms with Crippen LogP contribution in [0.3, 0.4) is 0 Å². The second-order valence-corrected chi connectivity index (χ2v) is 7.96. The topological polar surface area (TPSA) is 49.4 Å². The summed E-state index contributed by atoms with van der Waals surface area (Å²) < 4.78 is 13.1. The summed E-state index contributed by atoms with van der Waals surface area (Å²) in [5, 5.41) is 3.17. The highest BCUT2D eigenvalue weighted by atomic mass is 19.1. The van der Waals surface area contributed by atoms with Gasteiger partial charge in [-0.1, -0.05) is 72.8 Å². The van der Waals surface area contributed by atoms with Crippen LogP contribution in [-0.2, 0) is 22.6 Å². The molecule has 1 heterocycles. The van der Waals surface area contributed by atoms with E-state index in [-0.39, 0.29) is 30.1 Å². The van der Waals surface area contributed by atoms with E-state index in [1.807, 2.05) is 60.7 Å². The molecule has 1 aliphatic heterocycles. The Morgan fingerprint density at radius 1 is 0.935 bits per heavy atom. The number of carbonyl (C=O) groups excluding carboxylic acids is 2. The molecule has 1 saturated heterocycles. The number of hydrogen-bond donors (Lipinski definition) is 1. The van der Waals surface area contributed by atoms with Gasteiger partial charge in [0.25, 0.3) is 0 Å². The summed E-state index contributed by atoms with van der Waals surface area (Å²) in [6.07, 6.45) is 0.871. The minimum absolute atomic E-state index is 0.0520. The van der Waals surface area contributed by atoms with Crippen LogP contribution < -0.4 is 5.32 Å². The Bertz CT molecular complexity index is 1020. The third-order valence-electron chi connectivity index (χ3n) is 5.67. The van der Waals surface area contributed by atoms with E-state index in [0.717, 1.165) is 16.7 Å². The Kier molecular flexibility index (Phi) is 6.41. The standard InChI is InChI=1S/C26H25FN2O2/c27-23-13-11-20(12-14-23)17-29-18-22(16-25(29)30)26(31)28-24(21-9-5-2-6-10-21)15-19-7-3-1-4-8-19/h1-14,22,24H,15-18H2,(H,28,31)/t22-,24+/m0/s1. The molecule has 0 unspecified atom stereocenters. The number of hydrogen-bond acceptors (Lipinski definition) is 2. The zero-order chi connectivity index (χ0) is 21.6. The molecule has 0 radical (unpaired) electrons. The van der Waals surface area contributed by atoms with E-state index in [4.69, 9.17) is 0 Å². The Hall–Kier alpha value is -3.47. The van der Waals surface area contributed by atoms with Crippen molar-refractivity contribution in [2.75, 3.05) is 6.54 Å². The minimum atomic E-state index is -0.394. The van der Waals surface area contributed by atoms with Crippen molar-refractivity contribution in [2.24, 2.45) is 5.92 Å². The van der Waals surface area contributed by atoms with Crippen LogP contribution in [0.15, 0.2) is 84.9 Å².